The molecular weight excluding hydrogens is 443 g/mol. The van der Waals surface area contributed by atoms with Crippen LogP contribution in [0.3, 0.4) is 0 Å². The highest BCUT2D eigenvalue weighted by atomic mass is 19.1. The Hall–Kier alpha value is -2.37. The number of hydrogen-bond acceptors (Lipinski definition) is 3. The molecule has 0 saturated heterocycles. The van der Waals surface area contributed by atoms with Gasteiger partial charge in [-0.3, -0.25) is 4.79 Å². The Labute approximate surface area is 209 Å². The second kappa shape index (κ2) is 12.0. The van der Waals surface area contributed by atoms with Gasteiger partial charge in [-0.25, -0.2) is 9.18 Å². The number of ether oxygens (including phenoxy) is 1. The van der Waals surface area contributed by atoms with Gasteiger partial charge in [0, 0.05) is 41.9 Å². The molecule has 1 aromatic carbocycles. The fourth-order valence-corrected chi connectivity index (χ4v) is 5.39. The van der Waals surface area contributed by atoms with Crippen molar-refractivity contribution in [2.75, 3.05) is 6.54 Å². The zero-order valence-electron chi connectivity index (χ0n) is 22.1. The summed E-state index contributed by atoms with van der Waals surface area (Å²) < 4.78 is 19.2. The zero-order valence-corrected chi connectivity index (χ0v) is 22.1. The van der Waals surface area contributed by atoms with Crippen LogP contribution in [0.15, 0.2) is 18.2 Å². The van der Waals surface area contributed by atoms with Crippen LogP contribution in [0.25, 0.3) is 10.9 Å². The number of aromatic nitrogens is 1. The van der Waals surface area contributed by atoms with E-state index in [2.05, 4.69) is 24.1 Å². The number of nitrogens with one attached hydrogen (secondary N) is 2. The summed E-state index contributed by atoms with van der Waals surface area (Å²) in [5.74, 6) is 1.48. The quantitative estimate of drug-likeness (QED) is 0.271. The number of carbonyl (C=O) groups is 2. The molecule has 2 N–H and O–H groups in total. The number of alkyl carbamates (subject to hydrolysis) is 1. The fourth-order valence-electron chi connectivity index (χ4n) is 5.39. The van der Waals surface area contributed by atoms with Crippen LogP contribution in [-0.4, -0.2) is 29.0 Å². The fraction of sp³-hybridized carbons (Fsp3) is 0.655. The number of ketones is 1. The van der Waals surface area contributed by atoms with Gasteiger partial charge in [-0.1, -0.05) is 13.8 Å². The maximum absolute atomic E-state index is 14.0. The molecule has 0 saturated carbocycles. The van der Waals surface area contributed by atoms with Gasteiger partial charge < -0.3 is 15.0 Å². The first-order chi connectivity index (χ1) is 16.5. The van der Waals surface area contributed by atoms with Gasteiger partial charge in [-0.05, 0) is 101 Å². The van der Waals surface area contributed by atoms with Crippen LogP contribution < -0.4 is 5.32 Å². The van der Waals surface area contributed by atoms with Crippen molar-refractivity contribution in [2.24, 2.45) is 11.8 Å². The Bertz CT molecular complexity index is 1010. The first-order valence-corrected chi connectivity index (χ1v) is 13.3. The van der Waals surface area contributed by atoms with Crippen molar-refractivity contribution in [3.05, 3.63) is 35.3 Å². The third kappa shape index (κ3) is 8.08. The molecular formula is C29H43FN2O3. The van der Waals surface area contributed by atoms with Gasteiger partial charge in [0.05, 0.1) is 0 Å². The molecule has 1 aliphatic rings. The molecule has 1 aliphatic carbocycles. The Morgan fingerprint density at radius 2 is 1.97 bits per heavy atom. The molecule has 5 nitrogen and oxygen atoms in total. The van der Waals surface area contributed by atoms with E-state index in [1.165, 1.54) is 17.3 Å². The molecule has 2 aromatic rings. The van der Waals surface area contributed by atoms with Crippen LogP contribution in [0.1, 0.15) is 103 Å². The number of aryl methyl sites for hydroxylation is 1. The number of benzene rings is 1. The number of halogens is 1. The van der Waals surface area contributed by atoms with Crippen LogP contribution in [-0.2, 0) is 16.0 Å². The minimum atomic E-state index is -0.505. The zero-order chi connectivity index (χ0) is 25.6. The van der Waals surface area contributed by atoms with E-state index in [9.17, 15) is 14.0 Å². The Morgan fingerprint density at radius 1 is 1.20 bits per heavy atom. The standard InChI is InChI=1S/C29H43FN2O3/c1-19(2)17-24-20(9-8-11-23-25-18-21(30)13-15-26(25)32-27(23)24)12-14-22(33)10-6-7-16-31-28(34)35-29(3,4)5/h13,15,18-20,24,32H,6-12,14,16-17H2,1-5H3,(H,31,34). The molecule has 0 bridgehead atoms. The topological polar surface area (TPSA) is 71.2 Å². The summed E-state index contributed by atoms with van der Waals surface area (Å²) in [6, 6.07) is 5.04. The largest absolute Gasteiger partial charge is 0.444 e. The van der Waals surface area contributed by atoms with Crippen LogP contribution in [0, 0.1) is 17.7 Å². The molecule has 0 spiro atoms. The van der Waals surface area contributed by atoms with Gasteiger partial charge in [-0.2, -0.15) is 0 Å². The lowest BCUT2D eigenvalue weighted by Gasteiger charge is -2.27. The van der Waals surface area contributed by atoms with Crippen molar-refractivity contribution in [1.29, 1.82) is 0 Å². The molecule has 1 amide bonds. The average molecular weight is 487 g/mol. The van der Waals surface area contributed by atoms with Gasteiger partial charge in [0.2, 0.25) is 0 Å². The third-order valence-corrected chi connectivity index (χ3v) is 6.91. The number of aromatic amines is 1. The smallest absolute Gasteiger partial charge is 0.407 e. The maximum Gasteiger partial charge on any atom is 0.407 e. The lowest BCUT2D eigenvalue weighted by molar-refractivity contribution is -0.119. The van der Waals surface area contributed by atoms with Crippen molar-refractivity contribution >= 4 is 22.8 Å². The highest BCUT2D eigenvalue weighted by Crippen LogP contribution is 2.43. The average Bonchev–Trinajstić information content (AvgIpc) is 3.01. The van der Waals surface area contributed by atoms with Crippen LogP contribution in [0.5, 0.6) is 0 Å². The number of H-pyrrole nitrogens is 1. The molecule has 1 heterocycles. The molecule has 194 valence electrons. The van der Waals surface area contributed by atoms with E-state index in [1.54, 1.807) is 6.07 Å². The molecule has 0 radical (unpaired) electrons. The first-order valence-electron chi connectivity index (χ1n) is 13.3. The predicted molar refractivity (Wildman–Crippen MR) is 139 cm³/mol. The molecule has 6 heteroatoms. The number of fused-ring (bicyclic) bond motifs is 3. The molecule has 2 unspecified atom stereocenters. The number of carbonyl (C=O) groups excluding carboxylic acids is 2. The van der Waals surface area contributed by atoms with E-state index in [-0.39, 0.29) is 5.82 Å². The van der Waals surface area contributed by atoms with Crippen molar-refractivity contribution < 1.29 is 18.7 Å². The number of hydrogen-bond donors (Lipinski definition) is 2. The molecule has 3 rings (SSSR count). The van der Waals surface area contributed by atoms with Crippen molar-refractivity contribution in [3.8, 4) is 0 Å². The minimum absolute atomic E-state index is 0.188. The van der Waals surface area contributed by atoms with Crippen molar-refractivity contribution in [1.82, 2.24) is 10.3 Å². The van der Waals surface area contributed by atoms with Crippen LogP contribution in [0.4, 0.5) is 9.18 Å². The maximum atomic E-state index is 14.0. The summed E-state index contributed by atoms with van der Waals surface area (Å²) in [5.41, 5.74) is 3.05. The van der Waals surface area contributed by atoms with E-state index in [1.807, 2.05) is 26.8 Å². The van der Waals surface area contributed by atoms with Crippen LogP contribution in [0.2, 0.25) is 0 Å². The number of Topliss-reactive ketones (excluding diaryl/α,β-unsaturated/α-hetero) is 1. The minimum Gasteiger partial charge on any atom is -0.444 e. The van der Waals surface area contributed by atoms with Crippen molar-refractivity contribution in [2.45, 2.75) is 104 Å². The lowest BCUT2D eigenvalue weighted by atomic mass is 9.79. The summed E-state index contributed by atoms with van der Waals surface area (Å²) in [7, 11) is 0. The van der Waals surface area contributed by atoms with Gasteiger partial charge in [0.1, 0.15) is 17.2 Å². The Balaban J connectivity index is 1.53. The molecule has 2 atom stereocenters. The Kier molecular flexibility index (Phi) is 9.37. The van der Waals surface area contributed by atoms with E-state index in [0.717, 1.165) is 55.8 Å². The van der Waals surface area contributed by atoms with E-state index in [0.29, 0.717) is 42.9 Å². The van der Waals surface area contributed by atoms with E-state index < -0.39 is 11.7 Å². The Morgan fingerprint density at radius 3 is 2.69 bits per heavy atom. The normalized spacial score (nSPS) is 18.4. The van der Waals surface area contributed by atoms with Gasteiger partial charge >= 0.3 is 6.09 Å². The second-order valence-electron chi connectivity index (χ2n) is 11.6. The molecule has 0 fully saturated rings. The monoisotopic (exact) mass is 486 g/mol. The van der Waals surface area contributed by atoms with E-state index in [4.69, 9.17) is 4.74 Å². The molecule has 0 aliphatic heterocycles. The highest BCUT2D eigenvalue weighted by molar-refractivity contribution is 5.85. The molecule has 1 aromatic heterocycles. The SMILES string of the molecule is CC(C)CC1c2[nH]c3ccc(F)cc3c2CCCC1CCC(=O)CCCCNC(=O)OC(C)(C)C. The predicted octanol–water partition coefficient (Wildman–Crippen LogP) is 7.43. The first kappa shape index (κ1) is 27.2. The van der Waals surface area contributed by atoms with E-state index >= 15 is 0 Å². The highest BCUT2D eigenvalue weighted by Gasteiger charge is 2.31. The van der Waals surface area contributed by atoms with Crippen LogP contribution >= 0.6 is 0 Å². The van der Waals surface area contributed by atoms with Gasteiger partial charge in [-0.15, -0.1) is 0 Å². The summed E-state index contributed by atoms with van der Waals surface area (Å²) in [5, 5.41) is 3.77. The summed E-state index contributed by atoms with van der Waals surface area (Å²) >= 11 is 0. The number of rotatable bonds is 10. The van der Waals surface area contributed by atoms with Gasteiger partial charge in [0.15, 0.2) is 0 Å². The molecule has 35 heavy (non-hydrogen) atoms. The summed E-state index contributed by atoms with van der Waals surface area (Å²) in [4.78, 5) is 28.0. The summed E-state index contributed by atoms with van der Waals surface area (Å²) in [6.07, 6.45) is 7.37. The van der Waals surface area contributed by atoms with Gasteiger partial charge in [0.25, 0.3) is 0 Å². The summed E-state index contributed by atoms with van der Waals surface area (Å²) in [6.45, 7) is 10.5. The number of amides is 1. The second-order valence-corrected chi connectivity index (χ2v) is 11.6. The number of unbranched alkanes of at least 4 members (excludes halogenated alkanes) is 1. The lowest BCUT2D eigenvalue weighted by Crippen LogP contribution is -2.33. The van der Waals surface area contributed by atoms with Crippen molar-refractivity contribution in [3.63, 3.8) is 0 Å². The third-order valence-electron chi connectivity index (χ3n) is 6.91.